The first-order valence-electron chi connectivity index (χ1n) is 19.7. The molecule has 2 atom stereocenters. The molecule has 1 fully saturated rings. The summed E-state index contributed by atoms with van der Waals surface area (Å²) < 4.78 is 7.98. The van der Waals surface area contributed by atoms with E-state index in [0.717, 1.165) is 56.8 Å². The van der Waals surface area contributed by atoms with E-state index >= 15 is 0 Å². The van der Waals surface area contributed by atoms with Crippen molar-refractivity contribution < 1.29 is 4.42 Å². The van der Waals surface area contributed by atoms with E-state index in [0.29, 0.717) is 5.92 Å². The third-order valence-electron chi connectivity index (χ3n) is 12.3. The number of thiophene rings is 1. The van der Waals surface area contributed by atoms with Crippen LogP contribution in [0.2, 0.25) is 0 Å². The number of furan rings is 1. The first-order chi connectivity index (χ1) is 28.2. The predicted octanol–water partition coefficient (Wildman–Crippen LogP) is 15.2. The van der Waals surface area contributed by atoms with Crippen molar-refractivity contribution in [1.82, 2.24) is 0 Å². The molecule has 57 heavy (non-hydrogen) atoms. The van der Waals surface area contributed by atoms with E-state index < -0.39 is 0 Å². The molecule has 3 nitrogen and oxygen atoms in total. The Kier molecular flexibility index (Phi) is 7.14. The number of rotatable bonds is 7. The summed E-state index contributed by atoms with van der Waals surface area (Å²) in [6.45, 7) is 0. The maximum Gasteiger partial charge on any atom is 0.137 e. The predicted molar refractivity (Wildman–Crippen MR) is 238 cm³/mol. The fraction of sp³-hybridized carbons (Fsp3) is 0.0566. The average molecular weight is 749 g/mol. The minimum atomic E-state index is -0.0329. The van der Waals surface area contributed by atoms with Crippen LogP contribution >= 0.6 is 11.3 Å². The molecule has 8 aromatic carbocycles. The second-order valence-corrected chi connectivity index (χ2v) is 16.3. The molecule has 270 valence electrons. The maximum absolute atomic E-state index is 6.69. The van der Waals surface area contributed by atoms with Crippen molar-refractivity contribution in [2.45, 2.75) is 17.8 Å². The van der Waals surface area contributed by atoms with Gasteiger partial charge in [0.25, 0.3) is 0 Å². The highest BCUT2D eigenvalue weighted by molar-refractivity contribution is 7.17. The fourth-order valence-corrected chi connectivity index (χ4v) is 10.5. The average Bonchev–Trinajstić information content (AvgIpc) is 3.71. The first kappa shape index (κ1) is 32.4. The lowest BCUT2D eigenvalue weighted by Crippen LogP contribution is -2.20. The van der Waals surface area contributed by atoms with Crippen LogP contribution in [0.1, 0.15) is 29.0 Å². The van der Waals surface area contributed by atoms with Gasteiger partial charge in [-0.05, 0) is 130 Å². The number of hydrogen-bond donors (Lipinski definition) is 0. The van der Waals surface area contributed by atoms with E-state index in [1.54, 1.807) is 11.3 Å². The van der Waals surface area contributed by atoms with Crippen LogP contribution in [-0.4, -0.2) is 0 Å². The number of para-hydroxylation sites is 2. The lowest BCUT2D eigenvalue weighted by Gasteiger charge is -2.34. The molecule has 2 unspecified atom stereocenters. The van der Waals surface area contributed by atoms with Gasteiger partial charge in [-0.2, -0.15) is 0 Å². The Morgan fingerprint density at radius 3 is 2.02 bits per heavy atom. The van der Waals surface area contributed by atoms with Gasteiger partial charge in [0.1, 0.15) is 11.2 Å². The molecule has 4 heteroatoms. The zero-order valence-corrected chi connectivity index (χ0v) is 31.9. The van der Waals surface area contributed by atoms with Crippen molar-refractivity contribution in [2.24, 2.45) is 0 Å². The Hall–Kier alpha value is -6.88. The van der Waals surface area contributed by atoms with Gasteiger partial charge in [0, 0.05) is 61.0 Å². The number of fused-ring (bicyclic) bond motifs is 10. The monoisotopic (exact) mass is 748 g/mol. The van der Waals surface area contributed by atoms with E-state index in [9.17, 15) is 0 Å². The zero-order valence-electron chi connectivity index (χ0n) is 31.0. The molecule has 0 saturated heterocycles. The molecule has 2 aliphatic rings. The molecule has 0 aliphatic heterocycles. The minimum Gasteiger partial charge on any atom is -0.456 e. The molecule has 2 heterocycles. The second kappa shape index (κ2) is 12.6. The minimum absolute atomic E-state index is 0.0329. The summed E-state index contributed by atoms with van der Waals surface area (Å²) in [5.74, 6) is 0.471. The van der Waals surface area contributed by atoms with Crippen molar-refractivity contribution in [3.05, 3.63) is 216 Å². The molecule has 12 rings (SSSR count). The van der Waals surface area contributed by atoms with E-state index in [-0.39, 0.29) is 5.41 Å². The highest BCUT2D eigenvalue weighted by atomic mass is 32.1. The molecule has 0 radical (unpaired) electrons. The molecule has 0 amide bonds. The fourth-order valence-electron chi connectivity index (χ4n) is 9.71. The van der Waals surface area contributed by atoms with Crippen LogP contribution in [0.3, 0.4) is 0 Å². The number of nitrogens with zero attached hydrogens (tertiary/aromatic N) is 2. The molecule has 10 aromatic rings. The van der Waals surface area contributed by atoms with Gasteiger partial charge in [0.2, 0.25) is 0 Å². The molecule has 0 spiro atoms. The Morgan fingerprint density at radius 1 is 0.509 bits per heavy atom. The van der Waals surface area contributed by atoms with Gasteiger partial charge < -0.3 is 14.2 Å². The largest absolute Gasteiger partial charge is 0.456 e. The molecule has 0 N–H and O–H groups in total. The Morgan fingerprint density at radius 2 is 1.19 bits per heavy atom. The summed E-state index contributed by atoms with van der Waals surface area (Å²) in [5, 5.41) is 5.58. The van der Waals surface area contributed by atoms with Crippen molar-refractivity contribution in [3.8, 4) is 11.1 Å². The van der Waals surface area contributed by atoms with Gasteiger partial charge in [0.15, 0.2) is 0 Å². The highest BCUT2D eigenvalue weighted by Gasteiger charge is 2.61. The highest BCUT2D eigenvalue weighted by Crippen LogP contribution is 2.70. The van der Waals surface area contributed by atoms with Gasteiger partial charge in [-0.3, -0.25) is 0 Å². The van der Waals surface area contributed by atoms with Crippen LogP contribution in [0.5, 0.6) is 0 Å². The van der Waals surface area contributed by atoms with Crippen molar-refractivity contribution >= 4 is 77.5 Å². The van der Waals surface area contributed by atoms with Crippen LogP contribution in [-0.2, 0) is 5.41 Å². The van der Waals surface area contributed by atoms with Crippen molar-refractivity contribution in [2.75, 3.05) is 9.80 Å². The van der Waals surface area contributed by atoms with Crippen molar-refractivity contribution in [3.63, 3.8) is 0 Å². The number of hydrogen-bond acceptors (Lipinski definition) is 4. The molecule has 2 aliphatic carbocycles. The zero-order chi connectivity index (χ0) is 37.5. The summed E-state index contributed by atoms with van der Waals surface area (Å²) in [6, 6.07) is 70.8. The first-order valence-corrected chi connectivity index (χ1v) is 20.5. The van der Waals surface area contributed by atoms with Gasteiger partial charge in [-0.15, -0.1) is 11.3 Å². The molecule has 1 saturated carbocycles. The Bertz CT molecular complexity index is 3130. The maximum atomic E-state index is 6.69. The van der Waals surface area contributed by atoms with E-state index in [1.807, 2.05) is 0 Å². The Balaban J connectivity index is 1.02. The molecular weight excluding hydrogens is 713 g/mol. The van der Waals surface area contributed by atoms with Crippen LogP contribution in [0.25, 0.3) is 43.2 Å². The van der Waals surface area contributed by atoms with Gasteiger partial charge in [-0.25, -0.2) is 0 Å². The standard InChI is InChI=1S/C53H36N2OS/c1-4-13-36(14-5-1)53-34-47(53)42-19-10-11-20-44(42)52-46(53)21-12-22-48(52)55(38-17-8-3-9-18-38)40-24-27-49-45(32-40)43-26-23-41(33-50(43)56-49)54(37-15-6-2-7-16-37)39-25-28-51-35(31-39)29-30-57-51/h1-33,47H,34H2. The lowest BCUT2D eigenvalue weighted by molar-refractivity contribution is 0.669. The van der Waals surface area contributed by atoms with Crippen LogP contribution in [0.15, 0.2) is 204 Å². The van der Waals surface area contributed by atoms with E-state index in [1.165, 1.54) is 43.6 Å². The lowest BCUT2D eigenvalue weighted by atomic mass is 9.74. The Labute approximate surface area is 335 Å². The van der Waals surface area contributed by atoms with Crippen LogP contribution < -0.4 is 9.80 Å². The normalized spacial score (nSPS) is 16.6. The van der Waals surface area contributed by atoms with Crippen LogP contribution in [0, 0.1) is 0 Å². The smallest absolute Gasteiger partial charge is 0.137 e. The quantitative estimate of drug-likeness (QED) is 0.162. The second-order valence-electron chi connectivity index (χ2n) is 15.3. The van der Waals surface area contributed by atoms with Gasteiger partial charge >= 0.3 is 0 Å². The molecular formula is C53H36N2OS. The summed E-state index contributed by atoms with van der Waals surface area (Å²) >= 11 is 1.77. The number of benzene rings is 8. The van der Waals surface area contributed by atoms with Gasteiger partial charge in [0.05, 0.1) is 5.69 Å². The van der Waals surface area contributed by atoms with Crippen molar-refractivity contribution in [1.29, 1.82) is 0 Å². The SMILES string of the molecule is c1ccc(N(c2ccc3sccc3c2)c2ccc3c(c2)oc2ccc(N(c4ccccc4)c4cccc5c4-c4ccccc4C4CC54c4ccccc4)cc23)cc1. The van der Waals surface area contributed by atoms with E-state index in [2.05, 4.69) is 209 Å². The summed E-state index contributed by atoms with van der Waals surface area (Å²) in [4.78, 5) is 4.76. The third-order valence-corrected chi connectivity index (χ3v) is 13.2. The summed E-state index contributed by atoms with van der Waals surface area (Å²) in [5.41, 5.74) is 15.3. The summed E-state index contributed by atoms with van der Waals surface area (Å²) in [7, 11) is 0. The molecule has 0 bridgehead atoms. The number of anilines is 6. The third kappa shape index (κ3) is 4.97. The molecule has 2 aromatic heterocycles. The van der Waals surface area contributed by atoms with Crippen LogP contribution in [0.4, 0.5) is 34.1 Å². The topological polar surface area (TPSA) is 19.6 Å². The van der Waals surface area contributed by atoms with E-state index in [4.69, 9.17) is 4.42 Å². The summed E-state index contributed by atoms with van der Waals surface area (Å²) in [6.07, 6.45) is 1.12. The van der Waals surface area contributed by atoms with Gasteiger partial charge in [-0.1, -0.05) is 103 Å².